The average Bonchev–Trinajstić information content (AvgIpc) is 2.14. The van der Waals surface area contributed by atoms with Crippen molar-refractivity contribution in [3.8, 4) is 5.75 Å². The zero-order valence-electron chi connectivity index (χ0n) is 8.77. The van der Waals surface area contributed by atoms with E-state index in [1.807, 2.05) is 0 Å². The molecule has 1 aromatic carbocycles. The summed E-state index contributed by atoms with van der Waals surface area (Å²) in [5.74, 6) is -2.18. The van der Waals surface area contributed by atoms with Crippen molar-refractivity contribution < 1.29 is 13.5 Å². The Kier molecular flexibility index (Phi) is 2.59. The second kappa shape index (κ2) is 3.57. The van der Waals surface area contributed by atoms with Gasteiger partial charge >= 0.3 is 0 Å². The topological polar surface area (TPSA) is 35.2 Å². The highest BCUT2D eigenvalue weighted by molar-refractivity contribution is 6.30. The van der Waals surface area contributed by atoms with Gasteiger partial charge in [-0.15, -0.1) is 0 Å². The first kappa shape index (κ1) is 11.6. The summed E-state index contributed by atoms with van der Waals surface area (Å²) in [6, 6.07) is 4.88. The Bertz CT molecular complexity index is 414. The molecule has 1 aliphatic rings. The molecule has 0 spiro atoms. The van der Waals surface area contributed by atoms with Crippen molar-refractivity contribution in [1.29, 1.82) is 0 Å². The second-order valence-electron chi connectivity index (χ2n) is 4.21. The third-order valence-corrected chi connectivity index (χ3v) is 3.08. The standard InChI is InChI=1S/C11H12ClF2NO/c1-16-9-3-2-7(12)4-8(9)10(15)5-11(13,14)6-10/h2-4H,5-6,15H2,1H3. The molecule has 0 radical (unpaired) electrons. The Morgan fingerprint density at radius 1 is 1.38 bits per heavy atom. The maximum Gasteiger partial charge on any atom is 0.252 e. The van der Waals surface area contributed by atoms with Gasteiger partial charge in [-0.05, 0) is 18.2 Å². The number of hydrogen-bond donors (Lipinski definition) is 1. The minimum atomic E-state index is -2.68. The fourth-order valence-electron chi connectivity index (χ4n) is 2.13. The highest BCUT2D eigenvalue weighted by Crippen LogP contribution is 2.52. The molecule has 1 aromatic rings. The van der Waals surface area contributed by atoms with Gasteiger partial charge in [0, 0.05) is 23.4 Å². The van der Waals surface area contributed by atoms with Crippen LogP contribution in [-0.2, 0) is 5.54 Å². The maximum absolute atomic E-state index is 12.9. The Hall–Kier alpha value is -0.870. The number of halogens is 3. The van der Waals surface area contributed by atoms with Crippen molar-refractivity contribution in [3.63, 3.8) is 0 Å². The van der Waals surface area contributed by atoms with Crippen LogP contribution in [0, 0.1) is 0 Å². The fourth-order valence-corrected chi connectivity index (χ4v) is 2.30. The summed E-state index contributed by atoms with van der Waals surface area (Å²) in [5, 5.41) is 0.468. The van der Waals surface area contributed by atoms with Crippen LogP contribution in [0.3, 0.4) is 0 Å². The van der Waals surface area contributed by atoms with E-state index in [0.29, 0.717) is 16.3 Å². The zero-order valence-corrected chi connectivity index (χ0v) is 9.52. The zero-order chi connectivity index (χ0) is 12.0. The molecule has 0 unspecified atom stereocenters. The highest BCUT2D eigenvalue weighted by Gasteiger charge is 2.56. The molecule has 0 amide bonds. The number of alkyl halides is 2. The molecule has 16 heavy (non-hydrogen) atoms. The lowest BCUT2D eigenvalue weighted by Gasteiger charge is -2.45. The SMILES string of the molecule is COc1ccc(Cl)cc1C1(N)CC(F)(F)C1. The number of ether oxygens (including phenoxy) is 1. The van der Waals surface area contributed by atoms with Gasteiger partial charge in [-0.3, -0.25) is 0 Å². The molecule has 0 bridgehead atoms. The van der Waals surface area contributed by atoms with Crippen LogP contribution in [0.2, 0.25) is 5.02 Å². The van der Waals surface area contributed by atoms with E-state index in [4.69, 9.17) is 22.1 Å². The van der Waals surface area contributed by atoms with Crippen molar-refractivity contribution in [1.82, 2.24) is 0 Å². The Labute approximate surface area is 97.3 Å². The lowest BCUT2D eigenvalue weighted by atomic mass is 9.69. The minimum absolute atomic E-state index is 0.364. The minimum Gasteiger partial charge on any atom is -0.496 e. The van der Waals surface area contributed by atoms with Crippen LogP contribution in [0.4, 0.5) is 8.78 Å². The van der Waals surface area contributed by atoms with E-state index in [1.165, 1.54) is 7.11 Å². The summed E-state index contributed by atoms with van der Waals surface area (Å²) >= 11 is 5.83. The van der Waals surface area contributed by atoms with Crippen LogP contribution in [-0.4, -0.2) is 13.0 Å². The third-order valence-electron chi connectivity index (χ3n) is 2.85. The van der Waals surface area contributed by atoms with Gasteiger partial charge < -0.3 is 10.5 Å². The van der Waals surface area contributed by atoms with Crippen LogP contribution in [0.25, 0.3) is 0 Å². The van der Waals surface area contributed by atoms with Crippen LogP contribution < -0.4 is 10.5 Å². The molecule has 2 N–H and O–H groups in total. The number of benzene rings is 1. The van der Waals surface area contributed by atoms with Gasteiger partial charge in [-0.1, -0.05) is 11.6 Å². The molecule has 1 fully saturated rings. The lowest BCUT2D eigenvalue weighted by molar-refractivity contribution is -0.125. The van der Waals surface area contributed by atoms with Crippen LogP contribution >= 0.6 is 11.6 Å². The first-order valence-corrected chi connectivity index (χ1v) is 5.25. The van der Waals surface area contributed by atoms with E-state index in [9.17, 15) is 8.78 Å². The van der Waals surface area contributed by atoms with E-state index >= 15 is 0 Å². The van der Waals surface area contributed by atoms with E-state index in [0.717, 1.165) is 0 Å². The number of rotatable bonds is 2. The molecule has 0 heterocycles. The summed E-state index contributed by atoms with van der Waals surface area (Å²) < 4.78 is 30.9. The molecule has 2 rings (SSSR count). The average molecular weight is 248 g/mol. The summed E-state index contributed by atoms with van der Waals surface area (Å²) in [5.41, 5.74) is 5.45. The smallest absolute Gasteiger partial charge is 0.252 e. The number of nitrogens with two attached hydrogens (primary N) is 1. The maximum atomic E-state index is 12.9. The Morgan fingerprint density at radius 3 is 2.50 bits per heavy atom. The Balaban J connectivity index is 2.37. The molecule has 2 nitrogen and oxygen atoms in total. The van der Waals surface area contributed by atoms with Crippen LogP contribution in [0.5, 0.6) is 5.75 Å². The molecular weight excluding hydrogens is 236 g/mol. The van der Waals surface area contributed by atoms with Crippen molar-refractivity contribution in [2.45, 2.75) is 24.3 Å². The van der Waals surface area contributed by atoms with Gasteiger partial charge in [-0.2, -0.15) is 0 Å². The molecule has 0 saturated heterocycles. The van der Waals surface area contributed by atoms with Gasteiger partial charge in [0.15, 0.2) is 0 Å². The van der Waals surface area contributed by atoms with Crippen LogP contribution in [0.15, 0.2) is 18.2 Å². The van der Waals surface area contributed by atoms with Crippen LogP contribution in [0.1, 0.15) is 18.4 Å². The van der Waals surface area contributed by atoms with Gasteiger partial charge in [0.2, 0.25) is 0 Å². The molecule has 1 aliphatic carbocycles. The fraction of sp³-hybridized carbons (Fsp3) is 0.455. The largest absolute Gasteiger partial charge is 0.496 e. The predicted molar refractivity (Wildman–Crippen MR) is 58.1 cm³/mol. The van der Waals surface area contributed by atoms with Gasteiger partial charge in [0.05, 0.1) is 12.6 Å². The third kappa shape index (κ3) is 1.87. The van der Waals surface area contributed by atoms with Crippen molar-refractivity contribution >= 4 is 11.6 Å². The lowest BCUT2D eigenvalue weighted by Crippen LogP contribution is -2.55. The summed E-state index contributed by atoms with van der Waals surface area (Å²) in [6.07, 6.45) is -0.729. The van der Waals surface area contributed by atoms with E-state index in [1.54, 1.807) is 18.2 Å². The van der Waals surface area contributed by atoms with Gasteiger partial charge in [0.25, 0.3) is 5.92 Å². The van der Waals surface area contributed by atoms with E-state index < -0.39 is 11.5 Å². The molecule has 1 saturated carbocycles. The van der Waals surface area contributed by atoms with Crippen molar-refractivity contribution in [2.75, 3.05) is 7.11 Å². The number of methoxy groups -OCH3 is 1. The first-order chi connectivity index (χ1) is 7.36. The van der Waals surface area contributed by atoms with Gasteiger partial charge in [0.1, 0.15) is 5.75 Å². The second-order valence-corrected chi connectivity index (χ2v) is 4.65. The van der Waals surface area contributed by atoms with Gasteiger partial charge in [-0.25, -0.2) is 8.78 Å². The summed E-state index contributed by atoms with van der Waals surface area (Å²) in [7, 11) is 1.48. The van der Waals surface area contributed by atoms with Crippen molar-refractivity contribution in [2.24, 2.45) is 5.73 Å². The predicted octanol–water partition coefficient (Wildman–Crippen LogP) is 2.93. The Morgan fingerprint density at radius 2 is 2.00 bits per heavy atom. The summed E-state index contributed by atoms with van der Waals surface area (Å²) in [6.45, 7) is 0. The molecule has 0 aromatic heterocycles. The monoisotopic (exact) mass is 247 g/mol. The summed E-state index contributed by atoms with van der Waals surface area (Å²) in [4.78, 5) is 0. The quantitative estimate of drug-likeness (QED) is 0.872. The first-order valence-electron chi connectivity index (χ1n) is 4.87. The molecule has 88 valence electrons. The highest BCUT2D eigenvalue weighted by atomic mass is 35.5. The number of hydrogen-bond acceptors (Lipinski definition) is 2. The normalized spacial score (nSPS) is 21.3. The van der Waals surface area contributed by atoms with Crippen molar-refractivity contribution in [3.05, 3.63) is 28.8 Å². The van der Waals surface area contributed by atoms with E-state index in [-0.39, 0.29) is 12.8 Å². The molecular formula is C11H12ClF2NO. The molecule has 5 heteroatoms. The molecule has 0 aliphatic heterocycles. The molecule has 0 atom stereocenters. The van der Waals surface area contributed by atoms with E-state index in [2.05, 4.69) is 0 Å².